The average Bonchev–Trinajstić information content (AvgIpc) is 3.02. The Kier molecular flexibility index (Phi) is 5.87. The third-order valence-corrected chi connectivity index (χ3v) is 4.90. The molecule has 1 aliphatic rings. The van der Waals surface area contributed by atoms with Crippen molar-refractivity contribution in [3.05, 3.63) is 53.6 Å². The lowest BCUT2D eigenvalue weighted by molar-refractivity contribution is -0.153. The molecule has 6 nitrogen and oxygen atoms in total. The van der Waals surface area contributed by atoms with Gasteiger partial charge >= 0.3 is 5.97 Å². The fourth-order valence-corrected chi connectivity index (χ4v) is 3.54. The minimum Gasteiger partial charge on any atom is -0.493 e. The van der Waals surface area contributed by atoms with Crippen LogP contribution in [0.25, 0.3) is 0 Å². The fourth-order valence-electron chi connectivity index (χ4n) is 3.54. The molecule has 2 atom stereocenters. The smallest absolute Gasteiger partial charge is 0.311 e. The highest BCUT2D eigenvalue weighted by molar-refractivity contribution is 5.99. The number of benzene rings is 2. The second kappa shape index (κ2) is 8.33. The van der Waals surface area contributed by atoms with Crippen LogP contribution in [-0.2, 0) is 27.2 Å². The van der Waals surface area contributed by atoms with Gasteiger partial charge in [0.2, 0.25) is 0 Å². The van der Waals surface area contributed by atoms with Gasteiger partial charge < -0.3 is 19.1 Å². The van der Waals surface area contributed by atoms with Gasteiger partial charge in [0.15, 0.2) is 17.6 Å². The molecule has 6 heteroatoms. The number of carbonyl (C=O) groups excluding carboxylic acids is 2. The molecule has 0 radical (unpaired) electrons. The first kappa shape index (κ1) is 19.7. The van der Waals surface area contributed by atoms with Gasteiger partial charge in [0.1, 0.15) is 0 Å². The molecular weight excluding hydrogens is 358 g/mol. The minimum atomic E-state index is -0.860. The van der Waals surface area contributed by atoms with Crippen LogP contribution in [0.3, 0.4) is 0 Å². The van der Waals surface area contributed by atoms with Gasteiger partial charge in [-0.25, -0.2) is 0 Å². The Hall–Kier alpha value is -3.02. The first-order valence-corrected chi connectivity index (χ1v) is 9.26. The molecule has 0 saturated carbocycles. The van der Waals surface area contributed by atoms with E-state index in [1.54, 1.807) is 37.1 Å². The van der Waals surface area contributed by atoms with E-state index in [4.69, 9.17) is 14.2 Å². The number of rotatable bonds is 6. The van der Waals surface area contributed by atoms with Crippen LogP contribution in [0, 0.1) is 0 Å². The maximum atomic E-state index is 12.9. The minimum absolute atomic E-state index is 0.0388. The van der Waals surface area contributed by atoms with E-state index < -0.39 is 12.1 Å². The standard InChI is InChI=1S/C22H25NO5/c1-14-11-17-7-5-6-8-18(17)23(14)22(25)15(2)28-21(24)13-16-9-10-19(26-3)20(12-16)27-4/h5-10,12,14-15H,11,13H2,1-4H3/t14-,15-/m1/s1. The van der Waals surface area contributed by atoms with Crippen LogP contribution in [0.15, 0.2) is 42.5 Å². The van der Waals surface area contributed by atoms with E-state index in [1.165, 1.54) is 7.11 Å². The van der Waals surface area contributed by atoms with Gasteiger partial charge in [-0.1, -0.05) is 24.3 Å². The lowest BCUT2D eigenvalue weighted by Crippen LogP contribution is -2.43. The number of anilines is 1. The molecule has 1 amide bonds. The van der Waals surface area contributed by atoms with E-state index in [2.05, 4.69) is 0 Å². The predicted molar refractivity (Wildman–Crippen MR) is 106 cm³/mol. The Morgan fingerprint density at radius 2 is 1.82 bits per heavy atom. The molecule has 0 aromatic heterocycles. The van der Waals surface area contributed by atoms with E-state index >= 15 is 0 Å². The van der Waals surface area contributed by atoms with Crippen molar-refractivity contribution in [3.63, 3.8) is 0 Å². The summed E-state index contributed by atoms with van der Waals surface area (Å²) in [6.07, 6.45) is -0.0144. The largest absolute Gasteiger partial charge is 0.493 e. The number of para-hydroxylation sites is 1. The first-order valence-electron chi connectivity index (χ1n) is 9.26. The van der Waals surface area contributed by atoms with Crippen LogP contribution in [0.2, 0.25) is 0 Å². The number of fused-ring (bicyclic) bond motifs is 1. The topological polar surface area (TPSA) is 65.1 Å². The zero-order chi connectivity index (χ0) is 20.3. The van der Waals surface area contributed by atoms with Gasteiger partial charge in [-0.05, 0) is 49.6 Å². The second-order valence-corrected chi connectivity index (χ2v) is 6.89. The SMILES string of the molecule is COc1ccc(CC(=O)O[C@H](C)C(=O)N2c3ccccc3C[C@H]2C)cc1OC. The summed E-state index contributed by atoms with van der Waals surface area (Å²) in [5, 5.41) is 0. The highest BCUT2D eigenvalue weighted by Gasteiger charge is 2.34. The zero-order valence-electron chi connectivity index (χ0n) is 16.6. The van der Waals surface area contributed by atoms with Crippen LogP contribution < -0.4 is 14.4 Å². The summed E-state index contributed by atoms with van der Waals surface area (Å²) in [5.74, 6) is 0.454. The molecule has 28 heavy (non-hydrogen) atoms. The van der Waals surface area contributed by atoms with Gasteiger partial charge in [0, 0.05) is 11.7 Å². The quantitative estimate of drug-likeness (QED) is 0.717. The Morgan fingerprint density at radius 1 is 1.11 bits per heavy atom. The lowest BCUT2D eigenvalue weighted by Gasteiger charge is -2.26. The Balaban J connectivity index is 1.65. The van der Waals surface area contributed by atoms with Crippen LogP contribution in [0.5, 0.6) is 11.5 Å². The third-order valence-electron chi connectivity index (χ3n) is 4.90. The predicted octanol–water partition coefficient (Wildman–Crippen LogP) is 3.16. The van der Waals surface area contributed by atoms with Gasteiger partial charge in [-0.15, -0.1) is 0 Å². The van der Waals surface area contributed by atoms with Crippen molar-refractivity contribution in [2.45, 2.75) is 38.8 Å². The van der Waals surface area contributed by atoms with Crippen LogP contribution in [-0.4, -0.2) is 38.2 Å². The van der Waals surface area contributed by atoms with Crippen molar-refractivity contribution in [1.29, 1.82) is 0 Å². The number of esters is 1. The summed E-state index contributed by atoms with van der Waals surface area (Å²) in [6.45, 7) is 3.61. The molecule has 1 heterocycles. The number of carbonyl (C=O) groups is 2. The summed E-state index contributed by atoms with van der Waals surface area (Å²) in [6, 6.07) is 13.1. The van der Waals surface area contributed by atoms with Crippen molar-refractivity contribution in [2.24, 2.45) is 0 Å². The molecule has 0 unspecified atom stereocenters. The Morgan fingerprint density at radius 3 is 2.54 bits per heavy atom. The van der Waals surface area contributed by atoms with Crippen molar-refractivity contribution in [1.82, 2.24) is 0 Å². The lowest BCUT2D eigenvalue weighted by atomic mass is 10.1. The molecule has 3 rings (SSSR count). The Labute approximate surface area is 165 Å². The molecule has 0 fully saturated rings. The van der Waals surface area contributed by atoms with Crippen LogP contribution >= 0.6 is 0 Å². The number of amides is 1. The molecule has 0 aliphatic carbocycles. The third kappa shape index (κ3) is 3.96. The summed E-state index contributed by atoms with van der Waals surface area (Å²) < 4.78 is 15.9. The number of hydrogen-bond donors (Lipinski definition) is 0. The van der Waals surface area contributed by atoms with Gasteiger partial charge in [-0.2, -0.15) is 0 Å². The molecule has 0 bridgehead atoms. The number of ether oxygens (including phenoxy) is 3. The van der Waals surface area contributed by atoms with E-state index in [-0.39, 0.29) is 18.4 Å². The summed E-state index contributed by atoms with van der Waals surface area (Å²) in [7, 11) is 3.09. The first-order chi connectivity index (χ1) is 13.4. The highest BCUT2D eigenvalue weighted by atomic mass is 16.5. The monoisotopic (exact) mass is 383 g/mol. The van der Waals surface area contributed by atoms with Gasteiger partial charge in [0.25, 0.3) is 5.91 Å². The van der Waals surface area contributed by atoms with Gasteiger partial charge in [0.05, 0.1) is 20.6 Å². The van der Waals surface area contributed by atoms with Crippen LogP contribution in [0.1, 0.15) is 25.0 Å². The highest BCUT2D eigenvalue weighted by Crippen LogP contribution is 2.32. The summed E-state index contributed by atoms with van der Waals surface area (Å²) in [4.78, 5) is 27.0. The van der Waals surface area contributed by atoms with E-state index in [9.17, 15) is 9.59 Å². The normalized spacial score (nSPS) is 16.3. The van der Waals surface area contributed by atoms with Crippen molar-refractivity contribution in [3.8, 4) is 11.5 Å². The van der Waals surface area contributed by atoms with E-state index in [1.807, 2.05) is 31.2 Å². The number of methoxy groups -OCH3 is 2. The Bertz CT molecular complexity index is 879. The van der Waals surface area contributed by atoms with Crippen molar-refractivity contribution in [2.75, 3.05) is 19.1 Å². The summed E-state index contributed by atoms with van der Waals surface area (Å²) in [5.41, 5.74) is 2.75. The maximum absolute atomic E-state index is 12.9. The van der Waals surface area contributed by atoms with Crippen molar-refractivity contribution >= 4 is 17.6 Å². The molecule has 1 aliphatic heterocycles. The zero-order valence-corrected chi connectivity index (χ0v) is 16.6. The molecule has 0 spiro atoms. The fraction of sp³-hybridized carbons (Fsp3) is 0.364. The second-order valence-electron chi connectivity index (χ2n) is 6.89. The maximum Gasteiger partial charge on any atom is 0.311 e. The molecule has 0 N–H and O–H groups in total. The molecule has 2 aromatic carbocycles. The van der Waals surface area contributed by atoms with E-state index in [0.717, 1.165) is 23.2 Å². The molecular formula is C22H25NO5. The molecule has 2 aromatic rings. The molecule has 148 valence electrons. The van der Waals surface area contributed by atoms with Crippen LogP contribution in [0.4, 0.5) is 5.69 Å². The number of nitrogens with zero attached hydrogens (tertiary/aromatic N) is 1. The van der Waals surface area contributed by atoms with Gasteiger partial charge in [-0.3, -0.25) is 9.59 Å². The number of hydrogen-bond acceptors (Lipinski definition) is 5. The average molecular weight is 383 g/mol. The molecule has 0 saturated heterocycles. The van der Waals surface area contributed by atoms with E-state index in [0.29, 0.717) is 11.5 Å². The summed E-state index contributed by atoms with van der Waals surface area (Å²) >= 11 is 0. The van der Waals surface area contributed by atoms with Crippen molar-refractivity contribution < 1.29 is 23.8 Å².